The van der Waals surface area contributed by atoms with Gasteiger partial charge in [-0.3, -0.25) is 0 Å². The average molecular weight is 272 g/mol. The molecule has 0 fully saturated rings. The second-order valence-corrected chi connectivity index (χ2v) is 3.53. The summed E-state index contributed by atoms with van der Waals surface area (Å²) in [5.74, 6) is 0.463. The van der Waals surface area contributed by atoms with Gasteiger partial charge >= 0.3 is 17.1 Å². The molecule has 2 aromatic carbocycles. The summed E-state index contributed by atoms with van der Waals surface area (Å²) in [4.78, 5) is 8.67. The van der Waals surface area contributed by atoms with Crippen LogP contribution in [0.3, 0.4) is 0 Å². The monoisotopic (exact) mass is 271 g/mol. The predicted octanol–water partition coefficient (Wildman–Crippen LogP) is 1.93. The van der Waals surface area contributed by atoms with Gasteiger partial charge in [0, 0.05) is 0 Å². The van der Waals surface area contributed by atoms with Crippen LogP contribution in [0.2, 0.25) is 0 Å². The molecule has 0 bridgehead atoms. The van der Waals surface area contributed by atoms with Gasteiger partial charge in [-0.05, 0) is 16.6 Å². The summed E-state index contributed by atoms with van der Waals surface area (Å²) in [6, 6.07) is 14.4. The molecule has 0 saturated carbocycles. The molecule has 1 aromatic heterocycles. The topological polar surface area (TPSA) is 50.1 Å². The van der Waals surface area contributed by atoms with E-state index in [9.17, 15) is 5.11 Å². The fourth-order valence-corrected chi connectivity index (χ4v) is 1.68. The van der Waals surface area contributed by atoms with Crippen molar-refractivity contribution in [2.45, 2.75) is 0 Å². The summed E-state index contributed by atoms with van der Waals surface area (Å²) in [7, 11) is 0. The molecular formula is C13H8CuN2O. The van der Waals surface area contributed by atoms with E-state index < -0.39 is 0 Å². The zero-order valence-corrected chi connectivity index (χ0v) is 9.66. The Balaban J connectivity index is 0.00000108. The van der Waals surface area contributed by atoms with E-state index in [1.54, 1.807) is 12.1 Å². The zero-order chi connectivity index (χ0) is 11.0. The minimum Gasteiger partial charge on any atom is -0.872 e. The molecule has 17 heavy (non-hydrogen) atoms. The summed E-state index contributed by atoms with van der Waals surface area (Å²) in [6.45, 7) is 0. The summed E-state index contributed by atoms with van der Waals surface area (Å²) in [6.07, 6.45) is 0. The van der Waals surface area contributed by atoms with Gasteiger partial charge in [0.25, 0.3) is 0 Å². The molecule has 3 aromatic rings. The van der Waals surface area contributed by atoms with Crippen LogP contribution in [0.1, 0.15) is 0 Å². The maximum atomic E-state index is 11.6. The molecule has 0 saturated heterocycles. The van der Waals surface area contributed by atoms with Crippen molar-refractivity contribution in [1.29, 1.82) is 0 Å². The van der Waals surface area contributed by atoms with Crippen LogP contribution in [-0.4, -0.2) is 4.98 Å². The minimum absolute atomic E-state index is 0. The fourth-order valence-electron chi connectivity index (χ4n) is 1.68. The fraction of sp³-hybridized carbons (Fsp3) is 0. The van der Waals surface area contributed by atoms with Crippen molar-refractivity contribution in [3.05, 3.63) is 48.5 Å². The Morgan fingerprint density at radius 1 is 0.941 bits per heavy atom. The number of nitrogens with zero attached hydrogens (tertiary/aromatic N) is 2. The first-order valence-electron chi connectivity index (χ1n) is 5.00. The summed E-state index contributed by atoms with van der Waals surface area (Å²) in [5, 5.41) is 11.6. The molecule has 0 atom stereocenters. The largest absolute Gasteiger partial charge is 2.00 e. The van der Waals surface area contributed by atoms with Crippen LogP contribution in [0.5, 0.6) is 5.75 Å². The van der Waals surface area contributed by atoms with E-state index in [0.717, 1.165) is 11.0 Å². The molecule has 0 unspecified atom stereocenters. The standard InChI is InChI=1S/C13H9N2O.Cu/c16-12-8-4-1-5-9(12)13-14-10-6-2-3-7-11(10)15-13;/h1-8H,(H-,14,15,16);/q-1;+2/p-1. The van der Waals surface area contributed by atoms with Gasteiger partial charge in [-0.25, -0.2) is 0 Å². The Morgan fingerprint density at radius 3 is 2.41 bits per heavy atom. The minimum atomic E-state index is -0.0437. The van der Waals surface area contributed by atoms with Crippen LogP contribution >= 0.6 is 0 Å². The Kier molecular flexibility index (Phi) is 3.18. The van der Waals surface area contributed by atoms with Crippen LogP contribution in [0.4, 0.5) is 0 Å². The normalized spacial score (nSPS) is 10.1. The quantitative estimate of drug-likeness (QED) is 0.636. The van der Waals surface area contributed by atoms with Crippen LogP contribution in [0, 0.1) is 0 Å². The molecule has 4 heteroatoms. The maximum absolute atomic E-state index is 11.6. The van der Waals surface area contributed by atoms with Crippen LogP contribution in [0.15, 0.2) is 48.5 Å². The molecule has 0 spiro atoms. The number of rotatable bonds is 1. The molecule has 3 rings (SSSR count). The third-order valence-corrected chi connectivity index (χ3v) is 2.46. The molecule has 1 heterocycles. The van der Waals surface area contributed by atoms with E-state index in [0.29, 0.717) is 11.4 Å². The number of hydrogen-bond acceptors (Lipinski definition) is 2. The van der Waals surface area contributed by atoms with E-state index >= 15 is 0 Å². The number of imidazole rings is 1. The molecule has 87 valence electrons. The van der Waals surface area contributed by atoms with Crippen molar-refractivity contribution in [3.63, 3.8) is 0 Å². The number of fused-ring (bicyclic) bond motifs is 1. The van der Waals surface area contributed by atoms with Crippen molar-refractivity contribution >= 4 is 11.0 Å². The van der Waals surface area contributed by atoms with E-state index in [4.69, 9.17) is 0 Å². The Bertz CT molecular complexity index is 615. The molecule has 1 radical (unpaired) electrons. The first-order valence-corrected chi connectivity index (χ1v) is 5.00. The summed E-state index contributed by atoms with van der Waals surface area (Å²) < 4.78 is 0. The van der Waals surface area contributed by atoms with Crippen molar-refractivity contribution < 1.29 is 22.2 Å². The molecule has 3 nitrogen and oxygen atoms in total. The van der Waals surface area contributed by atoms with Crippen molar-refractivity contribution in [2.24, 2.45) is 0 Å². The second-order valence-electron chi connectivity index (χ2n) is 3.53. The van der Waals surface area contributed by atoms with Gasteiger partial charge in [0.1, 0.15) is 0 Å². The third-order valence-electron chi connectivity index (χ3n) is 2.46. The van der Waals surface area contributed by atoms with Crippen LogP contribution < -0.4 is 10.1 Å². The van der Waals surface area contributed by atoms with E-state index in [1.807, 2.05) is 30.3 Å². The predicted molar refractivity (Wildman–Crippen MR) is 59.9 cm³/mol. The van der Waals surface area contributed by atoms with Gasteiger partial charge in [-0.2, -0.15) is 0 Å². The first kappa shape index (κ1) is 11.7. The molecule has 0 aliphatic rings. The number of benzene rings is 2. The number of aromatic nitrogens is 2. The van der Waals surface area contributed by atoms with Crippen LogP contribution in [-0.2, 0) is 17.1 Å². The van der Waals surface area contributed by atoms with Gasteiger partial charge in [0.15, 0.2) is 0 Å². The van der Waals surface area contributed by atoms with E-state index in [1.165, 1.54) is 6.07 Å². The van der Waals surface area contributed by atoms with Gasteiger partial charge < -0.3 is 15.1 Å². The van der Waals surface area contributed by atoms with Gasteiger partial charge in [-0.15, -0.1) is 5.75 Å². The van der Waals surface area contributed by atoms with Crippen LogP contribution in [0.25, 0.3) is 22.4 Å². The third kappa shape index (κ3) is 2.05. The smallest absolute Gasteiger partial charge is 0.872 e. The number of para-hydroxylation sites is 3. The summed E-state index contributed by atoms with van der Waals surface area (Å²) >= 11 is 0. The second kappa shape index (κ2) is 4.62. The number of hydrogen-bond donors (Lipinski definition) is 0. The van der Waals surface area contributed by atoms with Crippen molar-refractivity contribution in [3.8, 4) is 17.1 Å². The van der Waals surface area contributed by atoms with E-state index in [2.05, 4.69) is 9.97 Å². The molecule has 0 N–H and O–H groups in total. The summed E-state index contributed by atoms with van der Waals surface area (Å²) in [5.41, 5.74) is 2.19. The molecule has 0 aliphatic heterocycles. The Hall–Kier alpha value is -1.77. The Labute approximate surface area is 109 Å². The Morgan fingerprint density at radius 2 is 1.65 bits per heavy atom. The molecule has 0 amide bonds. The maximum Gasteiger partial charge on any atom is 2.00 e. The van der Waals surface area contributed by atoms with Gasteiger partial charge in [-0.1, -0.05) is 54.4 Å². The molecule has 0 aliphatic carbocycles. The van der Waals surface area contributed by atoms with Crippen molar-refractivity contribution in [2.75, 3.05) is 0 Å². The van der Waals surface area contributed by atoms with Crippen molar-refractivity contribution in [1.82, 2.24) is 9.97 Å². The zero-order valence-electron chi connectivity index (χ0n) is 8.72. The van der Waals surface area contributed by atoms with E-state index in [-0.39, 0.29) is 22.8 Å². The molecular weight excluding hydrogens is 264 g/mol. The SMILES string of the molecule is [Cu+2].[O-]c1ccccc1-c1nc2ccccc2[n-]1. The van der Waals surface area contributed by atoms with Gasteiger partial charge in [0.05, 0.1) is 0 Å². The first-order chi connectivity index (χ1) is 7.84. The van der Waals surface area contributed by atoms with Gasteiger partial charge in [0.2, 0.25) is 0 Å². The average Bonchev–Trinajstić information content (AvgIpc) is 2.73.